The average molecular weight is 844 g/mol. The smallest absolute Gasteiger partial charge is 0.220 e. The van der Waals surface area contributed by atoms with E-state index in [-0.39, 0.29) is 12.5 Å². The molecule has 354 valence electrons. The standard InChI is InChI=1S/C55H105NO4/c1-3-5-7-9-11-13-15-17-18-19-20-21-22-23-24-25-26-27-28-29-30-31-32-33-34-35-36-38-40-42-44-46-48-50-54(59)56-52(51-57)55(60)53(58)49-47-45-43-41-39-37-16-14-12-10-8-6-4-2/h14,16,23-24,41,43,52-53,55,57-58,60H,3-13,15,17-22,25-40,42,44-51H2,1-2H3,(H,56,59)/b16-14+,24-23-,43-41+. The predicted molar refractivity (Wildman–Crippen MR) is 264 cm³/mol. The molecule has 60 heavy (non-hydrogen) atoms. The maximum atomic E-state index is 12.5. The van der Waals surface area contributed by atoms with Crippen LogP contribution in [0.5, 0.6) is 0 Å². The van der Waals surface area contributed by atoms with E-state index >= 15 is 0 Å². The largest absolute Gasteiger partial charge is 0.394 e. The van der Waals surface area contributed by atoms with E-state index in [1.54, 1.807) is 0 Å². The number of amides is 1. The first-order valence-electron chi connectivity index (χ1n) is 26.8. The third-order valence-corrected chi connectivity index (χ3v) is 12.4. The van der Waals surface area contributed by atoms with Crippen LogP contribution >= 0.6 is 0 Å². The summed E-state index contributed by atoms with van der Waals surface area (Å²) in [7, 11) is 0. The number of unbranched alkanes of at least 4 members (excludes halogenated alkanes) is 35. The van der Waals surface area contributed by atoms with Crippen LogP contribution in [0.1, 0.15) is 284 Å². The van der Waals surface area contributed by atoms with Crippen LogP contribution in [-0.4, -0.2) is 46.1 Å². The van der Waals surface area contributed by atoms with Gasteiger partial charge in [-0.25, -0.2) is 0 Å². The van der Waals surface area contributed by atoms with Crippen LogP contribution in [0.3, 0.4) is 0 Å². The molecular weight excluding hydrogens is 739 g/mol. The van der Waals surface area contributed by atoms with E-state index in [0.717, 1.165) is 44.9 Å². The third-order valence-electron chi connectivity index (χ3n) is 12.4. The molecular formula is C55H105NO4. The normalized spacial score (nSPS) is 13.6. The predicted octanol–water partition coefficient (Wildman–Crippen LogP) is 16.3. The lowest BCUT2D eigenvalue weighted by Gasteiger charge is -2.26. The lowest BCUT2D eigenvalue weighted by molar-refractivity contribution is -0.124. The van der Waals surface area contributed by atoms with Gasteiger partial charge in [0, 0.05) is 6.42 Å². The van der Waals surface area contributed by atoms with Crippen molar-refractivity contribution in [1.29, 1.82) is 0 Å². The molecule has 0 aromatic heterocycles. The van der Waals surface area contributed by atoms with Crippen LogP contribution in [0.4, 0.5) is 0 Å². The van der Waals surface area contributed by atoms with Gasteiger partial charge in [0.15, 0.2) is 0 Å². The quantitative estimate of drug-likeness (QED) is 0.0363. The molecule has 0 saturated heterocycles. The molecule has 5 heteroatoms. The summed E-state index contributed by atoms with van der Waals surface area (Å²) in [5.41, 5.74) is 0. The fourth-order valence-electron chi connectivity index (χ4n) is 8.29. The van der Waals surface area contributed by atoms with Crippen molar-refractivity contribution in [3.63, 3.8) is 0 Å². The van der Waals surface area contributed by atoms with Crippen molar-refractivity contribution in [2.24, 2.45) is 0 Å². The molecule has 0 spiro atoms. The van der Waals surface area contributed by atoms with Gasteiger partial charge >= 0.3 is 0 Å². The van der Waals surface area contributed by atoms with Crippen molar-refractivity contribution >= 4 is 5.91 Å². The molecule has 0 heterocycles. The molecule has 0 rings (SSSR count). The number of aliphatic hydroxyl groups excluding tert-OH is 3. The number of aliphatic hydroxyl groups is 3. The summed E-state index contributed by atoms with van der Waals surface area (Å²) < 4.78 is 0. The van der Waals surface area contributed by atoms with E-state index in [2.05, 4.69) is 55.6 Å². The van der Waals surface area contributed by atoms with Gasteiger partial charge in [-0.15, -0.1) is 0 Å². The first-order chi connectivity index (χ1) is 29.6. The lowest BCUT2D eigenvalue weighted by atomic mass is 10.0. The molecule has 3 unspecified atom stereocenters. The van der Waals surface area contributed by atoms with Crippen LogP contribution in [0.15, 0.2) is 36.5 Å². The summed E-state index contributed by atoms with van der Waals surface area (Å²) in [6.07, 6.45) is 64.5. The molecule has 0 aromatic carbocycles. The Balaban J connectivity index is 3.50. The highest BCUT2D eigenvalue weighted by Gasteiger charge is 2.26. The fraction of sp³-hybridized carbons (Fsp3) is 0.873. The summed E-state index contributed by atoms with van der Waals surface area (Å²) in [4.78, 5) is 12.5. The molecule has 0 aliphatic rings. The van der Waals surface area contributed by atoms with Gasteiger partial charge in [-0.2, -0.15) is 0 Å². The third kappa shape index (κ3) is 44.6. The van der Waals surface area contributed by atoms with Gasteiger partial charge < -0.3 is 20.6 Å². The van der Waals surface area contributed by atoms with Crippen molar-refractivity contribution in [1.82, 2.24) is 5.32 Å². The minimum atomic E-state index is -1.17. The van der Waals surface area contributed by atoms with E-state index in [0.29, 0.717) is 12.8 Å². The van der Waals surface area contributed by atoms with Crippen molar-refractivity contribution < 1.29 is 20.1 Å². The summed E-state index contributed by atoms with van der Waals surface area (Å²) in [5, 5.41) is 33.5. The molecule has 0 fully saturated rings. The van der Waals surface area contributed by atoms with E-state index in [1.807, 2.05) is 0 Å². The first-order valence-corrected chi connectivity index (χ1v) is 26.8. The molecule has 0 aliphatic heterocycles. The molecule has 3 atom stereocenters. The van der Waals surface area contributed by atoms with Crippen LogP contribution in [0.25, 0.3) is 0 Å². The van der Waals surface area contributed by atoms with E-state index in [1.165, 1.54) is 212 Å². The molecule has 0 saturated carbocycles. The van der Waals surface area contributed by atoms with Crippen molar-refractivity contribution in [2.45, 2.75) is 302 Å². The molecule has 0 aromatic rings. The number of nitrogens with one attached hydrogen (secondary N) is 1. The van der Waals surface area contributed by atoms with E-state index in [4.69, 9.17) is 0 Å². The number of rotatable bonds is 49. The SMILES string of the molecule is CCCCCC/C=C/CC/C=C/CCCC(O)C(O)C(CO)NC(=O)CCCCCCCCCCCCCCCCCCC/C=C\CCCCCCCCCCCCCC. The Kier molecular flexibility index (Phi) is 49.0. The molecule has 5 nitrogen and oxygen atoms in total. The molecule has 0 bridgehead atoms. The zero-order valence-electron chi connectivity index (χ0n) is 40.4. The minimum Gasteiger partial charge on any atom is -0.394 e. The zero-order chi connectivity index (χ0) is 43.7. The molecule has 1 amide bonds. The lowest BCUT2D eigenvalue weighted by Crippen LogP contribution is -2.50. The van der Waals surface area contributed by atoms with Gasteiger partial charge in [-0.05, 0) is 77.0 Å². The number of hydrogen-bond donors (Lipinski definition) is 4. The number of carbonyl (C=O) groups is 1. The van der Waals surface area contributed by atoms with Crippen LogP contribution in [0.2, 0.25) is 0 Å². The number of allylic oxidation sites excluding steroid dienone is 6. The van der Waals surface area contributed by atoms with E-state index in [9.17, 15) is 20.1 Å². The highest BCUT2D eigenvalue weighted by molar-refractivity contribution is 5.76. The van der Waals surface area contributed by atoms with Crippen molar-refractivity contribution in [3.8, 4) is 0 Å². The Bertz CT molecular complexity index is 931. The Labute approximate surface area is 374 Å². The highest BCUT2D eigenvalue weighted by Crippen LogP contribution is 2.17. The minimum absolute atomic E-state index is 0.156. The van der Waals surface area contributed by atoms with Gasteiger partial charge in [0.05, 0.1) is 18.8 Å². The van der Waals surface area contributed by atoms with Gasteiger partial charge in [0.2, 0.25) is 5.91 Å². The zero-order valence-corrected chi connectivity index (χ0v) is 40.4. The monoisotopic (exact) mass is 844 g/mol. The van der Waals surface area contributed by atoms with Crippen molar-refractivity contribution in [3.05, 3.63) is 36.5 Å². The second-order valence-corrected chi connectivity index (χ2v) is 18.4. The van der Waals surface area contributed by atoms with Gasteiger partial charge in [0.25, 0.3) is 0 Å². The second-order valence-electron chi connectivity index (χ2n) is 18.4. The summed E-state index contributed by atoms with van der Waals surface area (Å²) in [6, 6.07) is -0.831. The second kappa shape index (κ2) is 50.2. The molecule has 0 radical (unpaired) electrons. The topological polar surface area (TPSA) is 89.8 Å². The number of hydrogen-bond acceptors (Lipinski definition) is 4. The van der Waals surface area contributed by atoms with Crippen molar-refractivity contribution in [2.75, 3.05) is 6.61 Å². The average Bonchev–Trinajstić information content (AvgIpc) is 3.25. The maximum absolute atomic E-state index is 12.5. The Morgan fingerprint density at radius 1 is 0.400 bits per heavy atom. The Morgan fingerprint density at radius 2 is 0.683 bits per heavy atom. The highest BCUT2D eigenvalue weighted by atomic mass is 16.3. The Morgan fingerprint density at radius 3 is 1.03 bits per heavy atom. The van der Waals surface area contributed by atoms with Crippen LogP contribution in [-0.2, 0) is 4.79 Å². The van der Waals surface area contributed by atoms with E-state index < -0.39 is 18.2 Å². The van der Waals surface area contributed by atoms with Gasteiger partial charge in [-0.3, -0.25) is 4.79 Å². The maximum Gasteiger partial charge on any atom is 0.220 e. The summed E-state index contributed by atoms with van der Waals surface area (Å²) in [6.45, 7) is 4.16. The van der Waals surface area contributed by atoms with Crippen LogP contribution < -0.4 is 5.32 Å². The molecule has 0 aliphatic carbocycles. The van der Waals surface area contributed by atoms with Gasteiger partial charge in [-0.1, -0.05) is 237 Å². The molecule has 4 N–H and O–H groups in total. The number of carbonyl (C=O) groups excluding carboxylic acids is 1. The summed E-state index contributed by atoms with van der Waals surface area (Å²) >= 11 is 0. The van der Waals surface area contributed by atoms with Gasteiger partial charge in [0.1, 0.15) is 6.10 Å². The fourth-order valence-corrected chi connectivity index (χ4v) is 8.29. The first kappa shape index (κ1) is 58.6. The summed E-state index contributed by atoms with van der Waals surface area (Å²) in [5.74, 6) is -0.156. The Hall–Kier alpha value is -1.43. The van der Waals surface area contributed by atoms with Crippen LogP contribution in [0, 0.1) is 0 Å².